The number of ether oxygens (including phenoxy) is 1. The van der Waals surface area contributed by atoms with Gasteiger partial charge in [-0.1, -0.05) is 76.6 Å². The molecule has 0 aliphatic heterocycles. The Morgan fingerprint density at radius 3 is 2.35 bits per heavy atom. The quantitative estimate of drug-likeness (QED) is 0.243. The number of carbonyl (C=O) groups excluding carboxylic acids is 2. The number of H-pyrrole nitrogens is 1. The van der Waals surface area contributed by atoms with E-state index < -0.39 is 12.0 Å². The lowest BCUT2D eigenvalue weighted by Crippen LogP contribution is -2.43. The van der Waals surface area contributed by atoms with Crippen LogP contribution < -0.4 is 5.32 Å². The molecule has 174 valence electrons. The third-order valence-electron chi connectivity index (χ3n) is 5.70. The molecule has 0 saturated heterocycles. The van der Waals surface area contributed by atoms with Gasteiger partial charge in [0.15, 0.2) is 0 Å². The minimum atomic E-state index is -0.736. The number of aromatic nitrogens is 1. The van der Waals surface area contributed by atoms with Crippen molar-refractivity contribution in [3.05, 3.63) is 92.9 Å². The first-order valence-corrected chi connectivity index (χ1v) is 12.5. The zero-order chi connectivity index (χ0) is 24.1. The van der Waals surface area contributed by atoms with Crippen LogP contribution in [0, 0.1) is 0 Å². The summed E-state index contributed by atoms with van der Waals surface area (Å²) in [6.07, 6.45) is 1.12. The number of aryl methyl sites for hydroxylation is 1. The number of amides is 1. The number of methoxy groups -OCH3 is 1. The van der Waals surface area contributed by atoms with Crippen LogP contribution in [-0.2, 0) is 27.2 Å². The predicted molar refractivity (Wildman–Crippen MR) is 142 cm³/mol. The lowest BCUT2D eigenvalue weighted by Gasteiger charge is -2.17. The summed E-state index contributed by atoms with van der Waals surface area (Å²) in [5.41, 5.74) is 5.02. The first kappa shape index (κ1) is 24.2. The fraction of sp³-hybridized carbons (Fsp3) is 0.185. The highest BCUT2D eigenvalue weighted by Gasteiger charge is 2.23. The van der Waals surface area contributed by atoms with Gasteiger partial charge in [-0.2, -0.15) is 0 Å². The van der Waals surface area contributed by atoms with Crippen molar-refractivity contribution in [2.75, 3.05) is 7.11 Å². The number of benzene rings is 3. The summed E-state index contributed by atoms with van der Waals surface area (Å²) in [5, 5.41) is 3.91. The summed E-state index contributed by atoms with van der Waals surface area (Å²) in [6.45, 7) is 0. The van der Waals surface area contributed by atoms with Crippen molar-refractivity contribution in [2.24, 2.45) is 0 Å². The average Bonchev–Trinajstić information content (AvgIpc) is 3.21. The Labute approximate surface area is 215 Å². The summed E-state index contributed by atoms with van der Waals surface area (Å²) >= 11 is 7.22. The Balaban J connectivity index is 1.57. The molecule has 2 N–H and O–H groups in total. The molecule has 0 aliphatic rings. The molecule has 1 heterocycles. The van der Waals surface area contributed by atoms with Crippen LogP contribution in [0.2, 0.25) is 0 Å². The van der Waals surface area contributed by atoms with Crippen molar-refractivity contribution >= 4 is 54.6 Å². The molecule has 1 unspecified atom stereocenters. The Morgan fingerprint density at radius 1 is 1.00 bits per heavy atom. The van der Waals surface area contributed by atoms with Crippen molar-refractivity contribution in [1.29, 1.82) is 0 Å². The van der Waals surface area contributed by atoms with Gasteiger partial charge >= 0.3 is 5.97 Å². The lowest BCUT2D eigenvalue weighted by molar-refractivity contribution is -0.145. The van der Waals surface area contributed by atoms with Crippen LogP contribution in [0.1, 0.15) is 17.5 Å². The molecule has 0 radical (unpaired) electrons. The summed E-state index contributed by atoms with van der Waals surface area (Å²) in [5.74, 6) is -0.657. The molecule has 4 aromatic rings. The van der Waals surface area contributed by atoms with E-state index in [2.05, 4.69) is 48.2 Å². The lowest BCUT2D eigenvalue weighted by atomic mass is 10.0. The van der Waals surface area contributed by atoms with Gasteiger partial charge in [0, 0.05) is 32.9 Å². The number of hydrogen-bond acceptors (Lipinski definition) is 3. The number of fused-ring (bicyclic) bond motifs is 1. The van der Waals surface area contributed by atoms with E-state index in [0.717, 1.165) is 42.2 Å². The van der Waals surface area contributed by atoms with Crippen LogP contribution in [0.5, 0.6) is 0 Å². The van der Waals surface area contributed by atoms with Gasteiger partial charge in [-0.15, -0.1) is 0 Å². The number of rotatable bonds is 8. The summed E-state index contributed by atoms with van der Waals surface area (Å²) in [7, 11) is 1.33. The second-order valence-electron chi connectivity index (χ2n) is 7.99. The fourth-order valence-corrected chi connectivity index (χ4v) is 5.40. The second kappa shape index (κ2) is 11.0. The number of halogens is 2. The highest BCUT2D eigenvalue weighted by molar-refractivity contribution is 9.11. The first-order chi connectivity index (χ1) is 16.5. The topological polar surface area (TPSA) is 71.2 Å². The minimum absolute atomic E-state index is 0.200. The molecule has 7 heteroatoms. The maximum Gasteiger partial charge on any atom is 0.328 e. The largest absolute Gasteiger partial charge is 0.467 e. The van der Waals surface area contributed by atoms with Crippen LogP contribution >= 0.6 is 31.9 Å². The molecule has 0 saturated carbocycles. The van der Waals surface area contributed by atoms with Crippen molar-refractivity contribution in [3.8, 4) is 11.3 Å². The Bertz CT molecular complexity index is 1300. The number of carbonyl (C=O) groups is 2. The monoisotopic (exact) mass is 582 g/mol. The Kier molecular flexibility index (Phi) is 7.85. The molecular weight excluding hydrogens is 560 g/mol. The Morgan fingerprint density at radius 2 is 1.68 bits per heavy atom. The van der Waals surface area contributed by atoms with E-state index in [9.17, 15) is 9.59 Å². The zero-order valence-electron chi connectivity index (χ0n) is 18.6. The van der Waals surface area contributed by atoms with Gasteiger partial charge < -0.3 is 15.0 Å². The SMILES string of the molecule is COC(=O)C(Cc1ccccc1)NC(=O)CCc1c(-c2ccccc2)[nH]c2c(Br)cc(Br)cc12. The number of hydrogen-bond donors (Lipinski definition) is 2. The number of nitrogens with one attached hydrogen (secondary N) is 2. The summed E-state index contributed by atoms with van der Waals surface area (Å²) < 4.78 is 6.82. The van der Waals surface area contributed by atoms with Gasteiger partial charge in [0.2, 0.25) is 5.91 Å². The van der Waals surface area contributed by atoms with Crippen LogP contribution in [0.3, 0.4) is 0 Å². The molecule has 3 aromatic carbocycles. The molecule has 1 atom stereocenters. The van der Waals surface area contributed by atoms with Crippen LogP contribution in [0.4, 0.5) is 0 Å². The van der Waals surface area contributed by atoms with E-state index in [1.165, 1.54) is 7.11 Å². The van der Waals surface area contributed by atoms with E-state index in [4.69, 9.17) is 4.74 Å². The zero-order valence-corrected chi connectivity index (χ0v) is 21.8. The summed E-state index contributed by atoms with van der Waals surface area (Å²) in [6, 6.07) is 23.0. The fourth-order valence-electron chi connectivity index (χ4n) is 4.08. The van der Waals surface area contributed by atoms with Crippen LogP contribution in [-0.4, -0.2) is 30.0 Å². The molecule has 0 spiro atoms. The van der Waals surface area contributed by atoms with Crippen molar-refractivity contribution in [3.63, 3.8) is 0 Å². The molecule has 0 aliphatic carbocycles. The van der Waals surface area contributed by atoms with Crippen molar-refractivity contribution in [2.45, 2.75) is 25.3 Å². The molecule has 34 heavy (non-hydrogen) atoms. The number of esters is 1. The standard InChI is InChI=1S/C27H24Br2N2O3/c1-34-27(33)23(14-17-8-4-2-5-9-17)30-24(32)13-12-20-21-15-19(28)16-22(29)26(21)31-25(20)18-10-6-3-7-11-18/h2-11,15-16,23,31H,12-14H2,1H3,(H,30,32). The van der Waals surface area contributed by atoms with Crippen molar-refractivity contribution < 1.29 is 14.3 Å². The predicted octanol–water partition coefficient (Wildman–Crippen LogP) is 6.19. The third-order valence-corrected chi connectivity index (χ3v) is 6.78. The van der Waals surface area contributed by atoms with Crippen LogP contribution in [0.15, 0.2) is 81.7 Å². The van der Waals surface area contributed by atoms with E-state index >= 15 is 0 Å². The molecule has 4 rings (SSSR count). The van der Waals surface area contributed by atoms with Crippen LogP contribution in [0.25, 0.3) is 22.2 Å². The minimum Gasteiger partial charge on any atom is -0.467 e. The maximum atomic E-state index is 12.9. The van der Waals surface area contributed by atoms with Crippen molar-refractivity contribution in [1.82, 2.24) is 10.3 Å². The molecule has 1 amide bonds. The van der Waals surface area contributed by atoms with E-state index in [1.54, 1.807) is 0 Å². The Hall–Kier alpha value is -2.90. The molecule has 5 nitrogen and oxygen atoms in total. The normalized spacial score (nSPS) is 11.9. The van der Waals surface area contributed by atoms with Gasteiger partial charge in [-0.25, -0.2) is 4.79 Å². The van der Waals surface area contributed by atoms with E-state index in [1.807, 2.05) is 66.7 Å². The molecule has 0 fully saturated rings. The van der Waals surface area contributed by atoms with E-state index in [0.29, 0.717) is 12.8 Å². The van der Waals surface area contributed by atoms with Gasteiger partial charge in [0.1, 0.15) is 6.04 Å². The number of aromatic amines is 1. The molecule has 1 aromatic heterocycles. The van der Waals surface area contributed by atoms with E-state index in [-0.39, 0.29) is 12.3 Å². The summed E-state index contributed by atoms with van der Waals surface area (Å²) in [4.78, 5) is 28.8. The van der Waals surface area contributed by atoms with Gasteiger partial charge in [-0.05, 0) is 51.2 Å². The smallest absolute Gasteiger partial charge is 0.328 e. The van der Waals surface area contributed by atoms with Gasteiger partial charge in [0.05, 0.1) is 12.6 Å². The first-order valence-electron chi connectivity index (χ1n) is 10.9. The maximum absolute atomic E-state index is 12.9. The molecule has 0 bridgehead atoms. The highest BCUT2D eigenvalue weighted by Crippen LogP contribution is 2.36. The highest BCUT2D eigenvalue weighted by atomic mass is 79.9. The second-order valence-corrected chi connectivity index (χ2v) is 9.76. The van der Waals surface area contributed by atoms with Gasteiger partial charge in [-0.3, -0.25) is 4.79 Å². The molecular formula is C27H24Br2N2O3. The average molecular weight is 584 g/mol. The van der Waals surface area contributed by atoms with Gasteiger partial charge in [0.25, 0.3) is 0 Å². The third kappa shape index (κ3) is 5.59.